The molecule has 2 aromatic carbocycles. The van der Waals surface area contributed by atoms with Gasteiger partial charge in [-0.3, -0.25) is 9.69 Å². The quantitative estimate of drug-likeness (QED) is 0.637. The molecule has 0 spiro atoms. The van der Waals surface area contributed by atoms with Gasteiger partial charge in [-0.15, -0.1) is 0 Å². The van der Waals surface area contributed by atoms with Crippen LogP contribution in [0.4, 0.5) is 14.5 Å². The zero-order valence-electron chi connectivity index (χ0n) is 16.1. The normalized spacial score (nSPS) is 15.8. The molecule has 1 aliphatic heterocycles. The molecule has 0 atom stereocenters. The van der Waals surface area contributed by atoms with E-state index in [1.807, 2.05) is 4.90 Å². The second kappa shape index (κ2) is 10.1. The highest BCUT2D eigenvalue weighted by molar-refractivity contribution is 7.89. The number of carbonyl (C=O) groups is 1. The van der Waals surface area contributed by atoms with Crippen LogP contribution >= 0.6 is 23.2 Å². The first-order chi connectivity index (χ1) is 14.6. The van der Waals surface area contributed by atoms with Gasteiger partial charge in [-0.05, 0) is 42.5 Å². The molecule has 0 bridgehead atoms. The standard InChI is InChI=1S/C19H19Cl2F2N3O4S/c20-16-6-5-15(11-17(16)21)31(28,29)26-9-7-25(8-10-26)12-18(27)24-13-1-3-14(4-2-13)30-19(22)23/h1-6,11,19H,7-10,12H2,(H,24,27). The van der Waals surface area contributed by atoms with Crippen LogP contribution in [-0.4, -0.2) is 62.9 Å². The summed E-state index contributed by atoms with van der Waals surface area (Å²) in [5.41, 5.74) is 0.437. The molecule has 7 nitrogen and oxygen atoms in total. The van der Waals surface area contributed by atoms with Gasteiger partial charge in [-0.25, -0.2) is 8.42 Å². The number of ether oxygens (including phenoxy) is 1. The molecule has 0 radical (unpaired) electrons. The predicted molar refractivity (Wildman–Crippen MR) is 113 cm³/mol. The van der Waals surface area contributed by atoms with E-state index < -0.39 is 16.6 Å². The number of halogens is 4. The molecule has 1 fully saturated rings. The summed E-state index contributed by atoms with van der Waals surface area (Å²) in [5, 5.41) is 3.10. The van der Waals surface area contributed by atoms with E-state index in [0.29, 0.717) is 18.8 Å². The van der Waals surface area contributed by atoms with Crippen LogP contribution in [0.5, 0.6) is 5.75 Å². The van der Waals surface area contributed by atoms with E-state index >= 15 is 0 Å². The van der Waals surface area contributed by atoms with E-state index in [1.165, 1.54) is 46.8 Å². The molecule has 168 valence electrons. The SMILES string of the molecule is O=C(CN1CCN(S(=O)(=O)c2ccc(Cl)c(Cl)c2)CC1)Nc1ccc(OC(F)F)cc1. The van der Waals surface area contributed by atoms with Gasteiger partial charge < -0.3 is 10.1 Å². The Bertz CT molecular complexity index is 1030. The predicted octanol–water partition coefficient (Wildman–Crippen LogP) is 3.54. The van der Waals surface area contributed by atoms with Gasteiger partial charge in [-0.1, -0.05) is 23.2 Å². The third-order valence-corrected chi connectivity index (χ3v) is 7.22. The highest BCUT2D eigenvalue weighted by atomic mass is 35.5. The zero-order chi connectivity index (χ0) is 22.6. The van der Waals surface area contributed by atoms with Crippen molar-refractivity contribution < 1.29 is 26.7 Å². The van der Waals surface area contributed by atoms with Crippen molar-refractivity contribution in [2.75, 3.05) is 38.0 Å². The molecule has 3 rings (SSSR count). The van der Waals surface area contributed by atoms with Crippen molar-refractivity contribution in [1.29, 1.82) is 0 Å². The third-order valence-electron chi connectivity index (χ3n) is 4.59. The largest absolute Gasteiger partial charge is 0.435 e. The summed E-state index contributed by atoms with van der Waals surface area (Å²) < 4.78 is 55.5. The fourth-order valence-electron chi connectivity index (χ4n) is 3.04. The maximum atomic E-state index is 12.8. The van der Waals surface area contributed by atoms with E-state index in [1.54, 1.807) is 0 Å². The number of benzene rings is 2. The zero-order valence-corrected chi connectivity index (χ0v) is 18.4. The number of rotatable bonds is 7. The van der Waals surface area contributed by atoms with Crippen LogP contribution < -0.4 is 10.1 Å². The summed E-state index contributed by atoms with van der Waals surface area (Å²) in [6.45, 7) is -1.68. The van der Waals surface area contributed by atoms with E-state index in [4.69, 9.17) is 23.2 Å². The summed E-state index contributed by atoms with van der Waals surface area (Å²) in [6.07, 6.45) is 0. The van der Waals surface area contributed by atoms with Crippen molar-refractivity contribution >= 4 is 44.8 Å². The molecule has 0 saturated carbocycles. The topological polar surface area (TPSA) is 79.0 Å². The lowest BCUT2D eigenvalue weighted by molar-refractivity contribution is -0.117. The minimum Gasteiger partial charge on any atom is -0.435 e. The minimum atomic E-state index is -3.72. The van der Waals surface area contributed by atoms with Crippen LogP contribution in [0.2, 0.25) is 10.0 Å². The van der Waals surface area contributed by atoms with E-state index in [0.717, 1.165) is 0 Å². The lowest BCUT2D eigenvalue weighted by Crippen LogP contribution is -2.50. The molecule has 1 aliphatic rings. The average molecular weight is 494 g/mol. The molecule has 1 heterocycles. The number of sulfonamides is 1. The van der Waals surface area contributed by atoms with Gasteiger partial charge in [0.15, 0.2) is 0 Å². The van der Waals surface area contributed by atoms with Crippen molar-refractivity contribution in [2.24, 2.45) is 0 Å². The summed E-state index contributed by atoms with van der Waals surface area (Å²) in [6, 6.07) is 9.72. The van der Waals surface area contributed by atoms with Crippen molar-refractivity contribution in [3.05, 3.63) is 52.5 Å². The highest BCUT2D eigenvalue weighted by Gasteiger charge is 2.29. The van der Waals surface area contributed by atoms with Crippen LogP contribution in [0.25, 0.3) is 0 Å². The first kappa shape index (κ1) is 23.7. The lowest BCUT2D eigenvalue weighted by Gasteiger charge is -2.33. The van der Waals surface area contributed by atoms with E-state index in [2.05, 4.69) is 10.1 Å². The molecule has 1 N–H and O–H groups in total. The van der Waals surface area contributed by atoms with Gasteiger partial charge in [0.25, 0.3) is 0 Å². The Morgan fingerprint density at radius 1 is 1.03 bits per heavy atom. The molecular formula is C19H19Cl2F2N3O4S. The second-order valence-electron chi connectivity index (χ2n) is 6.71. The Hall–Kier alpha value is -1.98. The molecule has 31 heavy (non-hydrogen) atoms. The number of anilines is 1. The van der Waals surface area contributed by atoms with Gasteiger partial charge in [0.1, 0.15) is 5.75 Å². The Kier molecular flexibility index (Phi) is 7.71. The van der Waals surface area contributed by atoms with Gasteiger partial charge >= 0.3 is 6.61 Å². The van der Waals surface area contributed by atoms with Crippen LogP contribution in [-0.2, 0) is 14.8 Å². The summed E-state index contributed by atoms with van der Waals surface area (Å²) in [7, 11) is -3.72. The molecule has 0 aromatic heterocycles. The number of carbonyl (C=O) groups excluding carboxylic acids is 1. The van der Waals surface area contributed by atoms with Gasteiger partial charge in [0.2, 0.25) is 15.9 Å². The van der Waals surface area contributed by atoms with Crippen LogP contribution in [0, 0.1) is 0 Å². The van der Waals surface area contributed by atoms with Gasteiger partial charge in [0.05, 0.1) is 21.5 Å². The Morgan fingerprint density at radius 3 is 2.26 bits per heavy atom. The van der Waals surface area contributed by atoms with Crippen LogP contribution in [0.1, 0.15) is 0 Å². The molecular weight excluding hydrogens is 475 g/mol. The average Bonchev–Trinajstić information content (AvgIpc) is 2.71. The van der Waals surface area contributed by atoms with Crippen molar-refractivity contribution in [3.63, 3.8) is 0 Å². The fraction of sp³-hybridized carbons (Fsp3) is 0.316. The van der Waals surface area contributed by atoms with Crippen LogP contribution in [0.3, 0.4) is 0 Å². The van der Waals surface area contributed by atoms with Gasteiger partial charge in [-0.2, -0.15) is 13.1 Å². The van der Waals surface area contributed by atoms with E-state index in [9.17, 15) is 22.0 Å². The Morgan fingerprint density at radius 2 is 1.68 bits per heavy atom. The summed E-state index contributed by atoms with van der Waals surface area (Å²) >= 11 is 11.8. The molecule has 0 aliphatic carbocycles. The molecule has 0 unspecified atom stereocenters. The smallest absolute Gasteiger partial charge is 0.387 e. The summed E-state index contributed by atoms with van der Waals surface area (Å²) in [4.78, 5) is 14.1. The molecule has 2 aromatic rings. The maximum Gasteiger partial charge on any atom is 0.387 e. The minimum absolute atomic E-state index is 0.00712. The second-order valence-corrected chi connectivity index (χ2v) is 9.46. The number of hydrogen-bond acceptors (Lipinski definition) is 5. The Balaban J connectivity index is 1.51. The lowest BCUT2D eigenvalue weighted by atomic mass is 10.3. The third kappa shape index (κ3) is 6.27. The number of hydrogen-bond donors (Lipinski definition) is 1. The number of nitrogens with zero attached hydrogens (tertiary/aromatic N) is 2. The molecule has 1 saturated heterocycles. The maximum absolute atomic E-state index is 12.8. The first-order valence-corrected chi connectivity index (χ1v) is 11.4. The number of piperazine rings is 1. The number of amides is 1. The van der Waals surface area contributed by atoms with Gasteiger partial charge in [0, 0.05) is 31.9 Å². The highest BCUT2D eigenvalue weighted by Crippen LogP contribution is 2.27. The molecule has 1 amide bonds. The molecule has 12 heteroatoms. The number of nitrogens with one attached hydrogen (secondary N) is 1. The Labute approximate surface area is 188 Å². The monoisotopic (exact) mass is 493 g/mol. The van der Waals surface area contributed by atoms with Crippen molar-refractivity contribution in [1.82, 2.24) is 9.21 Å². The number of alkyl halides is 2. The van der Waals surface area contributed by atoms with Crippen LogP contribution in [0.15, 0.2) is 47.4 Å². The van der Waals surface area contributed by atoms with Crippen molar-refractivity contribution in [2.45, 2.75) is 11.5 Å². The fourth-order valence-corrected chi connectivity index (χ4v) is 4.85. The summed E-state index contributed by atoms with van der Waals surface area (Å²) in [5.74, 6) is -0.310. The van der Waals surface area contributed by atoms with E-state index in [-0.39, 0.29) is 46.2 Å². The first-order valence-electron chi connectivity index (χ1n) is 9.17. The van der Waals surface area contributed by atoms with Crippen molar-refractivity contribution in [3.8, 4) is 5.75 Å².